The fourth-order valence-electron chi connectivity index (χ4n) is 2.20. The van der Waals surface area contributed by atoms with Crippen molar-refractivity contribution in [2.45, 2.75) is 31.8 Å². The van der Waals surface area contributed by atoms with Crippen LogP contribution < -0.4 is 10.1 Å². The molecule has 0 aliphatic carbocycles. The number of benzene rings is 1. The molecular formula is C14H21NO3. The van der Waals surface area contributed by atoms with Crippen molar-refractivity contribution in [1.82, 2.24) is 5.32 Å². The number of methoxy groups -OCH3 is 1. The number of hydrogen-bond donors (Lipinski definition) is 2. The minimum absolute atomic E-state index is 0.00458. The summed E-state index contributed by atoms with van der Waals surface area (Å²) in [5.41, 5.74) is 0.882. The summed E-state index contributed by atoms with van der Waals surface area (Å²) in [5, 5.41) is 13.4. The minimum atomic E-state index is 0.00458. The summed E-state index contributed by atoms with van der Waals surface area (Å²) in [5.74, 6) is 0.936. The fourth-order valence-corrected chi connectivity index (χ4v) is 2.20. The highest BCUT2D eigenvalue weighted by molar-refractivity contribution is 5.39. The maximum Gasteiger partial charge on any atom is 0.123 e. The second kappa shape index (κ2) is 5.59. The molecular weight excluding hydrogens is 230 g/mol. The van der Waals surface area contributed by atoms with Crippen LogP contribution in [0.4, 0.5) is 0 Å². The number of phenols is 1. The van der Waals surface area contributed by atoms with Gasteiger partial charge in [-0.1, -0.05) is 6.07 Å². The highest BCUT2D eigenvalue weighted by Crippen LogP contribution is 2.25. The van der Waals surface area contributed by atoms with Crippen LogP contribution in [0.5, 0.6) is 11.5 Å². The molecule has 1 aromatic rings. The van der Waals surface area contributed by atoms with Crippen LogP contribution in [0, 0.1) is 0 Å². The van der Waals surface area contributed by atoms with Crippen LogP contribution in [0.15, 0.2) is 18.2 Å². The molecule has 1 aromatic carbocycles. The van der Waals surface area contributed by atoms with E-state index in [4.69, 9.17) is 9.47 Å². The number of nitrogens with one attached hydrogen (secondary N) is 1. The third-order valence-electron chi connectivity index (χ3n) is 3.44. The molecule has 0 bridgehead atoms. The summed E-state index contributed by atoms with van der Waals surface area (Å²) in [4.78, 5) is 0. The molecule has 1 fully saturated rings. The highest BCUT2D eigenvalue weighted by Gasteiger charge is 2.26. The van der Waals surface area contributed by atoms with E-state index in [1.807, 2.05) is 12.1 Å². The predicted molar refractivity (Wildman–Crippen MR) is 70.0 cm³/mol. The Morgan fingerprint density at radius 3 is 2.94 bits per heavy atom. The van der Waals surface area contributed by atoms with Gasteiger partial charge in [0.25, 0.3) is 0 Å². The van der Waals surface area contributed by atoms with Gasteiger partial charge in [-0.2, -0.15) is 0 Å². The van der Waals surface area contributed by atoms with Gasteiger partial charge in [-0.25, -0.2) is 0 Å². The first-order valence-electron chi connectivity index (χ1n) is 6.32. The first kappa shape index (κ1) is 13.2. The van der Waals surface area contributed by atoms with Crippen molar-refractivity contribution >= 4 is 0 Å². The molecule has 0 saturated carbocycles. The lowest BCUT2D eigenvalue weighted by molar-refractivity contribution is 0.0277. The van der Waals surface area contributed by atoms with Gasteiger partial charge in [-0.3, -0.25) is 0 Å². The van der Waals surface area contributed by atoms with E-state index in [0.29, 0.717) is 12.3 Å². The SMILES string of the molecule is COc1ccc(CNC2(C)CCCOC2)c(O)c1. The second-order valence-corrected chi connectivity index (χ2v) is 5.06. The van der Waals surface area contributed by atoms with E-state index in [1.165, 1.54) is 0 Å². The van der Waals surface area contributed by atoms with Crippen molar-refractivity contribution < 1.29 is 14.6 Å². The van der Waals surface area contributed by atoms with Gasteiger partial charge in [0.1, 0.15) is 11.5 Å². The Hall–Kier alpha value is -1.26. The quantitative estimate of drug-likeness (QED) is 0.860. The summed E-state index contributed by atoms with van der Waals surface area (Å²) in [6.45, 7) is 4.37. The average molecular weight is 251 g/mol. The maximum atomic E-state index is 9.88. The summed E-state index contributed by atoms with van der Waals surface area (Å²) < 4.78 is 10.6. The van der Waals surface area contributed by atoms with E-state index in [-0.39, 0.29) is 11.3 Å². The van der Waals surface area contributed by atoms with Crippen LogP contribution in [0.3, 0.4) is 0 Å². The zero-order chi connectivity index (χ0) is 13.0. The largest absolute Gasteiger partial charge is 0.507 e. The first-order chi connectivity index (χ1) is 8.63. The van der Waals surface area contributed by atoms with E-state index in [2.05, 4.69) is 12.2 Å². The van der Waals surface area contributed by atoms with Crippen molar-refractivity contribution in [1.29, 1.82) is 0 Å². The Bertz CT molecular complexity index is 400. The summed E-state index contributed by atoms with van der Waals surface area (Å²) in [6.07, 6.45) is 2.18. The van der Waals surface area contributed by atoms with Crippen molar-refractivity contribution in [2.24, 2.45) is 0 Å². The van der Waals surface area contributed by atoms with Gasteiger partial charge in [0, 0.05) is 30.3 Å². The van der Waals surface area contributed by atoms with E-state index in [1.54, 1.807) is 13.2 Å². The lowest BCUT2D eigenvalue weighted by Gasteiger charge is -2.34. The lowest BCUT2D eigenvalue weighted by Crippen LogP contribution is -2.48. The molecule has 2 N–H and O–H groups in total. The van der Waals surface area contributed by atoms with Crippen molar-refractivity contribution in [2.75, 3.05) is 20.3 Å². The van der Waals surface area contributed by atoms with E-state index < -0.39 is 0 Å². The Kier molecular flexibility index (Phi) is 4.09. The van der Waals surface area contributed by atoms with E-state index >= 15 is 0 Å². The van der Waals surface area contributed by atoms with Crippen LogP contribution in [-0.4, -0.2) is 31.0 Å². The Balaban J connectivity index is 1.97. The van der Waals surface area contributed by atoms with Crippen LogP contribution >= 0.6 is 0 Å². The smallest absolute Gasteiger partial charge is 0.123 e. The van der Waals surface area contributed by atoms with Crippen LogP contribution in [0.1, 0.15) is 25.3 Å². The van der Waals surface area contributed by atoms with E-state index in [0.717, 1.165) is 31.6 Å². The van der Waals surface area contributed by atoms with Gasteiger partial charge in [-0.15, -0.1) is 0 Å². The molecule has 4 heteroatoms. The van der Waals surface area contributed by atoms with Crippen LogP contribution in [0.25, 0.3) is 0 Å². The molecule has 0 radical (unpaired) electrons. The molecule has 1 atom stereocenters. The van der Waals surface area contributed by atoms with Gasteiger partial charge < -0.3 is 19.9 Å². The zero-order valence-corrected chi connectivity index (χ0v) is 11.0. The highest BCUT2D eigenvalue weighted by atomic mass is 16.5. The minimum Gasteiger partial charge on any atom is -0.507 e. The summed E-state index contributed by atoms with van der Waals surface area (Å²) >= 11 is 0. The molecule has 2 rings (SSSR count). The third kappa shape index (κ3) is 3.15. The Morgan fingerprint density at radius 1 is 1.50 bits per heavy atom. The number of hydrogen-bond acceptors (Lipinski definition) is 4. The molecule has 1 heterocycles. The number of rotatable bonds is 4. The van der Waals surface area contributed by atoms with Crippen LogP contribution in [-0.2, 0) is 11.3 Å². The molecule has 1 unspecified atom stereocenters. The molecule has 100 valence electrons. The normalized spacial score (nSPS) is 23.9. The molecule has 0 aromatic heterocycles. The van der Waals surface area contributed by atoms with Gasteiger partial charge in [0.15, 0.2) is 0 Å². The van der Waals surface area contributed by atoms with Crippen molar-refractivity contribution in [3.63, 3.8) is 0 Å². The molecule has 4 nitrogen and oxygen atoms in total. The number of ether oxygens (including phenoxy) is 2. The van der Waals surface area contributed by atoms with Gasteiger partial charge in [-0.05, 0) is 25.8 Å². The Labute approximate surface area is 108 Å². The standard InChI is InChI=1S/C14H21NO3/c1-14(6-3-7-18-10-14)15-9-11-4-5-12(17-2)8-13(11)16/h4-5,8,15-16H,3,6-7,9-10H2,1-2H3. The Morgan fingerprint density at radius 2 is 2.33 bits per heavy atom. The summed E-state index contributed by atoms with van der Waals surface area (Å²) in [7, 11) is 1.59. The monoisotopic (exact) mass is 251 g/mol. The van der Waals surface area contributed by atoms with Gasteiger partial charge in [0.2, 0.25) is 0 Å². The number of aromatic hydroxyl groups is 1. The van der Waals surface area contributed by atoms with Crippen molar-refractivity contribution in [3.05, 3.63) is 23.8 Å². The lowest BCUT2D eigenvalue weighted by atomic mass is 9.94. The number of phenolic OH excluding ortho intramolecular Hbond substituents is 1. The maximum absolute atomic E-state index is 9.88. The zero-order valence-electron chi connectivity index (χ0n) is 11.0. The molecule has 0 amide bonds. The third-order valence-corrected chi connectivity index (χ3v) is 3.44. The molecule has 1 aliphatic heterocycles. The van der Waals surface area contributed by atoms with Crippen LogP contribution in [0.2, 0.25) is 0 Å². The molecule has 18 heavy (non-hydrogen) atoms. The summed E-state index contributed by atoms with van der Waals surface area (Å²) in [6, 6.07) is 5.38. The fraction of sp³-hybridized carbons (Fsp3) is 0.571. The van der Waals surface area contributed by atoms with E-state index in [9.17, 15) is 5.11 Å². The second-order valence-electron chi connectivity index (χ2n) is 5.06. The first-order valence-corrected chi connectivity index (χ1v) is 6.32. The predicted octanol–water partition coefficient (Wildman–Crippen LogP) is 2.06. The van der Waals surface area contributed by atoms with Gasteiger partial charge in [0.05, 0.1) is 13.7 Å². The van der Waals surface area contributed by atoms with Crippen molar-refractivity contribution in [3.8, 4) is 11.5 Å². The average Bonchev–Trinajstić information content (AvgIpc) is 2.38. The topological polar surface area (TPSA) is 50.7 Å². The molecule has 0 spiro atoms. The molecule has 1 aliphatic rings. The molecule has 1 saturated heterocycles. The van der Waals surface area contributed by atoms with Gasteiger partial charge >= 0.3 is 0 Å².